The van der Waals surface area contributed by atoms with Crippen LogP contribution in [0.1, 0.15) is 114 Å². The molecule has 5 N–H and O–H groups in total. The third kappa shape index (κ3) is 17.1. The van der Waals surface area contributed by atoms with E-state index >= 15 is 0 Å². The number of nitrogens with zero attached hydrogens (tertiary/aromatic N) is 1. The molecule has 1 aromatic rings. The summed E-state index contributed by atoms with van der Waals surface area (Å²) in [5.74, 6) is -2.24. The Kier molecular flexibility index (Phi) is 24.9. The van der Waals surface area contributed by atoms with Crippen molar-refractivity contribution in [1.29, 1.82) is 0 Å². The number of carbonyl (C=O) groups is 5. The number of rotatable bonds is 14. The van der Waals surface area contributed by atoms with Crippen molar-refractivity contribution in [2.75, 3.05) is 12.3 Å². The van der Waals surface area contributed by atoms with Crippen LogP contribution < -0.4 is 21.7 Å². The van der Waals surface area contributed by atoms with Gasteiger partial charge in [0.1, 0.15) is 17.8 Å². The van der Waals surface area contributed by atoms with Crippen molar-refractivity contribution in [1.82, 2.24) is 20.9 Å². The fraction of sp³-hybridized carbons (Fsp3) is 0.714. The zero-order valence-corrected chi connectivity index (χ0v) is 33.9. The number of nitrogens with one attached hydrogen (secondary N) is 3. The molecule has 49 heavy (non-hydrogen) atoms. The van der Waals surface area contributed by atoms with E-state index in [0.717, 1.165) is 6.42 Å². The first-order chi connectivity index (χ1) is 23.0. The second-order valence-electron chi connectivity index (χ2n) is 13.1. The van der Waals surface area contributed by atoms with E-state index in [2.05, 4.69) is 52.0 Å². The van der Waals surface area contributed by atoms with Gasteiger partial charge in [0.15, 0.2) is 0 Å². The molecular formula is C35H63N5O7SV. The van der Waals surface area contributed by atoms with Crippen LogP contribution in [0.2, 0.25) is 0 Å². The standard InChI is InChI=1S/C29H47N5O7S.C3H8.C2H6.CH2.V/c1-8-10-19(16-42(40)22-12-14-41-18(22)4)31-28(39)33-24(29(5,6)7)27(38)34-13-9-11-21(34)26(37)32-20(15-17(2)3)23(35)25(30)36;1-3-2;1-2;;/h12,14,17,19-21,24H,8-11,13,15-16H2,1-7H3,(H2,30,36)(H,32,37)(H2,31,33,39);3H2,1-2H3;1-2H3;1H2;/t19?,20?,21-,24?,42?;;;;/m0..../s1. The van der Waals surface area contributed by atoms with Crippen LogP contribution in [0.5, 0.6) is 0 Å². The topological polar surface area (TPSA) is 181 Å². The summed E-state index contributed by atoms with van der Waals surface area (Å²) in [6.45, 7) is 21.4. The van der Waals surface area contributed by atoms with Crippen LogP contribution in [0.25, 0.3) is 0 Å². The summed E-state index contributed by atoms with van der Waals surface area (Å²) in [7, 11) is -1.39. The maximum absolute atomic E-state index is 13.8. The molecule has 1 saturated heterocycles. The zero-order valence-electron chi connectivity index (χ0n) is 31.6. The third-order valence-corrected chi connectivity index (χ3v) is 8.81. The third-order valence-electron chi connectivity index (χ3n) is 7.19. The molecule has 281 valence electrons. The number of amides is 5. The Hall–Kier alpha value is -2.77. The Labute approximate surface area is 306 Å². The molecular weight excluding hydrogens is 685 g/mol. The molecule has 12 nitrogen and oxygen atoms in total. The van der Waals surface area contributed by atoms with Crippen LogP contribution in [0.15, 0.2) is 21.6 Å². The molecule has 2 rings (SSSR count). The number of Topliss-reactive ketones (excluding diaryl/α,β-unsaturated/α-hetero) is 1. The van der Waals surface area contributed by atoms with Crippen molar-refractivity contribution in [2.45, 2.75) is 144 Å². The predicted molar refractivity (Wildman–Crippen MR) is 193 cm³/mol. The summed E-state index contributed by atoms with van der Waals surface area (Å²) in [4.78, 5) is 66.2. The van der Waals surface area contributed by atoms with E-state index in [1.165, 1.54) is 17.6 Å². The Morgan fingerprint density at radius 1 is 1.08 bits per heavy atom. The van der Waals surface area contributed by atoms with Gasteiger partial charge >= 0.3 is 28.2 Å². The summed E-state index contributed by atoms with van der Waals surface area (Å²) in [6.07, 6.45) is 5.21. The van der Waals surface area contributed by atoms with Crippen LogP contribution >= 0.6 is 0 Å². The molecule has 0 radical (unpaired) electrons. The van der Waals surface area contributed by atoms with Gasteiger partial charge in [-0.05, 0) is 50.0 Å². The molecule has 2 heterocycles. The maximum atomic E-state index is 13.8. The van der Waals surface area contributed by atoms with Crippen LogP contribution in [-0.2, 0) is 47.0 Å². The summed E-state index contributed by atoms with van der Waals surface area (Å²) in [5.41, 5.74) is 4.48. The van der Waals surface area contributed by atoms with Gasteiger partial charge in [-0.1, -0.05) is 82.1 Å². The van der Waals surface area contributed by atoms with Crippen LogP contribution in [-0.4, -0.2) is 80.3 Å². The molecule has 1 aliphatic heterocycles. The number of hydrogen-bond acceptors (Lipinski definition) is 7. The van der Waals surface area contributed by atoms with Crippen LogP contribution in [0, 0.1) is 18.3 Å². The summed E-state index contributed by atoms with van der Waals surface area (Å²) >= 11 is 2.06. The van der Waals surface area contributed by atoms with Gasteiger partial charge in [-0.2, -0.15) is 0 Å². The molecule has 1 aromatic heterocycles. The second-order valence-corrected chi connectivity index (χ2v) is 14.5. The van der Waals surface area contributed by atoms with E-state index in [9.17, 15) is 28.2 Å². The Balaban J connectivity index is 0. The van der Waals surface area contributed by atoms with E-state index in [1.54, 1.807) is 13.0 Å². The van der Waals surface area contributed by atoms with E-state index in [1.807, 2.05) is 55.4 Å². The molecule has 5 atom stereocenters. The Morgan fingerprint density at radius 3 is 2.10 bits per heavy atom. The number of nitrogens with two attached hydrogens (primary N) is 1. The van der Waals surface area contributed by atoms with Crippen molar-refractivity contribution >= 4 is 45.6 Å². The van der Waals surface area contributed by atoms with Crippen LogP contribution in [0.4, 0.5) is 4.79 Å². The van der Waals surface area contributed by atoms with Crippen molar-refractivity contribution < 1.29 is 49.6 Å². The van der Waals surface area contributed by atoms with Gasteiger partial charge in [-0.15, -0.1) is 0 Å². The SMILES string of the molecule is CC.CCC.CCCC(CS(=O)c1ccoc1C)NC(=O)NC(C(=O)N1CCC[C@H]1C(=O)NC(CC(C)C)C(=O)C(N)=O)C(C)(C)C.[CH2]=[V]. The minimum atomic E-state index is -1.39. The Morgan fingerprint density at radius 2 is 1.65 bits per heavy atom. The summed E-state index contributed by atoms with van der Waals surface area (Å²) in [5, 5.41) is 11.5. The Bertz CT molecular complexity index is 1200. The molecule has 0 saturated carbocycles. The quantitative estimate of drug-likeness (QED) is 0.201. The van der Waals surface area contributed by atoms with E-state index in [-0.39, 0.29) is 18.1 Å². The molecule has 5 amide bonds. The fourth-order valence-corrected chi connectivity index (χ4v) is 6.42. The predicted octanol–water partition coefficient (Wildman–Crippen LogP) is 4.56. The number of ketones is 1. The first kappa shape index (κ1) is 48.3. The average molecular weight is 749 g/mol. The number of primary amides is 1. The molecule has 1 fully saturated rings. The number of furan rings is 1. The first-order valence-corrected chi connectivity index (χ1v) is 19.5. The van der Waals surface area contributed by atoms with E-state index < -0.39 is 69.9 Å². The van der Waals surface area contributed by atoms with E-state index in [4.69, 9.17) is 10.2 Å². The second kappa shape index (κ2) is 25.2. The van der Waals surface area contributed by atoms with Gasteiger partial charge < -0.3 is 31.0 Å². The molecule has 0 aliphatic carbocycles. The minimum absolute atomic E-state index is 0.00516. The number of urea groups is 1. The molecule has 0 aromatic carbocycles. The number of hydrogen-bond donors (Lipinski definition) is 4. The first-order valence-electron chi connectivity index (χ1n) is 17.2. The molecule has 0 spiro atoms. The molecule has 0 bridgehead atoms. The zero-order chi connectivity index (χ0) is 38.5. The fourth-order valence-electron chi connectivity index (χ4n) is 5.05. The number of likely N-dealkylation sites (tertiary alicyclic amines) is 1. The molecule has 4 unspecified atom stereocenters. The molecule has 14 heteroatoms. The summed E-state index contributed by atoms with van der Waals surface area (Å²) in [6, 6.07) is -2.26. The summed E-state index contributed by atoms with van der Waals surface area (Å²) < 4.78 is 18.2. The van der Waals surface area contributed by atoms with Crippen molar-refractivity contribution in [3.05, 3.63) is 18.1 Å². The number of carbonyl (C=O) groups excluding carboxylic acids is 5. The normalized spacial score (nSPS) is 16.1. The van der Waals surface area contributed by atoms with Gasteiger partial charge in [0.05, 0.1) is 28.0 Å². The van der Waals surface area contributed by atoms with Crippen molar-refractivity contribution in [2.24, 2.45) is 17.1 Å². The van der Waals surface area contributed by atoms with Gasteiger partial charge in [-0.25, -0.2) is 4.79 Å². The van der Waals surface area contributed by atoms with E-state index in [0.29, 0.717) is 36.5 Å². The monoisotopic (exact) mass is 748 g/mol. The average Bonchev–Trinajstić information content (AvgIpc) is 3.70. The van der Waals surface area contributed by atoms with Gasteiger partial charge in [0.2, 0.25) is 17.6 Å². The van der Waals surface area contributed by atoms with Gasteiger partial charge in [0, 0.05) is 18.3 Å². The van der Waals surface area contributed by atoms with Crippen molar-refractivity contribution in [3.8, 4) is 0 Å². The van der Waals surface area contributed by atoms with Gasteiger partial charge in [0.25, 0.3) is 5.91 Å². The van der Waals surface area contributed by atoms with Crippen molar-refractivity contribution in [3.63, 3.8) is 0 Å². The number of aryl methyl sites for hydroxylation is 1. The van der Waals surface area contributed by atoms with Gasteiger partial charge in [-0.3, -0.25) is 23.4 Å². The van der Waals surface area contributed by atoms with Crippen LogP contribution in [0.3, 0.4) is 0 Å². The molecule has 1 aliphatic rings.